The molecule has 0 radical (unpaired) electrons. The Bertz CT molecular complexity index is 398. The molecule has 0 saturated carbocycles. The first-order chi connectivity index (χ1) is 8.87. The highest BCUT2D eigenvalue weighted by Gasteiger charge is 2.10. The van der Waals surface area contributed by atoms with Crippen LogP contribution < -0.4 is 5.32 Å². The van der Waals surface area contributed by atoms with Gasteiger partial charge in [0, 0.05) is 23.5 Å². The maximum absolute atomic E-state index is 12.7. The third-order valence-electron chi connectivity index (χ3n) is 2.51. The highest BCUT2D eigenvalue weighted by molar-refractivity contribution is 8.00. The van der Waals surface area contributed by atoms with Crippen molar-refractivity contribution in [3.8, 4) is 0 Å². The minimum atomic E-state index is -0.243. The van der Waals surface area contributed by atoms with Gasteiger partial charge in [-0.15, -0.1) is 0 Å². The maximum atomic E-state index is 12.7. The molecule has 0 aliphatic heterocycles. The van der Waals surface area contributed by atoms with Crippen LogP contribution >= 0.6 is 11.8 Å². The summed E-state index contributed by atoms with van der Waals surface area (Å²) in [4.78, 5) is 11.6. The summed E-state index contributed by atoms with van der Waals surface area (Å²) in [5.41, 5.74) is 0.987. The topological polar surface area (TPSA) is 29.1 Å². The second-order valence-corrected chi connectivity index (χ2v) is 7.36. The molecule has 0 aliphatic carbocycles. The Balaban J connectivity index is 2.16. The zero-order chi connectivity index (χ0) is 14.3. The van der Waals surface area contributed by atoms with Crippen LogP contribution in [0.5, 0.6) is 0 Å². The summed E-state index contributed by atoms with van der Waals surface area (Å²) < 4.78 is 12.9. The van der Waals surface area contributed by atoms with Gasteiger partial charge < -0.3 is 5.32 Å². The average Bonchev–Trinajstić information content (AvgIpc) is 2.33. The van der Waals surface area contributed by atoms with Crippen molar-refractivity contribution in [1.29, 1.82) is 0 Å². The van der Waals surface area contributed by atoms with E-state index in [-0.39, 0.29) is 16.5 Å². The van der Waals surface area contributed by atoms with Gasteiger partial charge in [-0.1, -0.05) is 32.9 Å². The Kier molecular flexibility index (Phi) is 6.35. The number of hydrogen-bond donors (Lipinski definition) is 1. The molecule has 0 unspecified atom stereocenters. The Morgan fingerprint density at radius 3 is 2.47 bits per heavy atom. The number of benzene rings is 1. The first kappa shape index (κ1) is 16.0. The van der Waals surface area contributed by atoms with Gasteiger partial charge in [0.15, 0.2) is 0 Å². The molecule has 0 heterocycles. The standard InChI is InChI=1S/C15H22FNOS/c1-15(2,3)19-11-10-17-14(18)9-6-12-4-7-13(16)8-5-12/h4-5,7-8H,6,9-11H2,1-3H3,(H,17,18). The normalized spacial score (nSPS) is 11.4. The van der Waals surface area contributed by atoms with E-state index in [4.69, 9.17) is 0 Å². The Morgan fingerprint density at radius 1 is 1.26 bits per heavy atom. The van der Waals surface area contributed by atoms with E-state index < -0.39 is 0 Å². The lowest BCUT2D eigenvalue weighted by Crippen LogP contribution is -2.27. The number of nitrogens with one attached hydrogen (secondary N) is 1. The molecule has 4 heteroatoms. The first-order valence-electron chi connectivity index (χ1n) is 6.52. The van der Waals surface area contributed by atoms with Gasteiger partial charge in [-0.3, -0.25) is 4.79 Å². The molecular weight excluding hydrogens is 261 g/mol. The molecule has 1 aromatic carbocycles. The number of halogens is 1. The predicted octanol–water partition coefficient (Wildman–Crippen LogP) is 3.41. The van der Waals surface area contributed by atoms with Gasteiger partial charge in [0.25, 0.3) is 0 Å². The van der Waals surface area contributed by atoms with E-state index in [1.165, 1.54) is 12.1 Å². The quantitative estimate of drug-likeness (QED) is 0.811. The van der Waals surface area contributed by atoms with Crippen molar-refractivity contribution in [3.05, 3.63) is 35.6 Å². The van der Waals surface area contributed by atoms with E-state index in [1.807, 2.05) is 11.8 Å². The van der Waals surface area contributed by atoms with Gasteiger partial charge >= 0.3 is 0 Å². The fourth-order valence-electron chi connectivity index (χ4n) is 1.54. The molecule has 1 rings (SSSR count). The zero-order valence-electron chi connectivity index (χ0n) is 11.8. The molecule has 1 N–H and O–H groups in total. The number of rotatable bonds is 6. The van der Waals surface area contributed by atoms with Crippen LogP contribution in [0.1, 0.15) is 32.8 Å². The average molecular weight is 283 g/mol. The van der Waals surface area contributed by atoms with Crippen LogP contribution in [0, 0.1) is 5.82 Å². The summed E-state index contributed by atoms with van der Waals surface area (Å²) in [6.45, 7) is 7.18. The molecule has 19 heavy (non-hydrogen) atoms. The summed E-state index contributed by atoms with van der Waals surface area (Å²) in [6, 6.07) is 6.29. The summed E-state index contributed by atoms with van der Waals surface area (Å²) >= 11 is 1.84. The monoisotopic (exact) mass is 283 g/mol. The number of carbonyl (C=O) groups excluding carboxylic acids is 1. The molecule has 0 aliphatic rings. The van der Waals surface area contributed by atoms with E-state index >= 15 is 0 Å². The van der Waals surface area contributed by atoms with Crippen LogP contribution in [0.2, 0.25) is 0 Å². The fourth-order valence-corrected chi connectivity index (χ4v) is 2.36. The van der Waals surface area contributed by atoms with Crippen LogP contribution in [0.25, 0.3) is 0 Å². The largest absolute Gasteiger partial charge is 0.355 e. The van der Waals surface area contributed by atoms with Crippen molar-refractivity contribution < 1.29 is 9.18 Å². The molecule has 106 valence electrons. The Morgan fingerprint density at radius 2 is 1.89 bits per heavy atom. The summed E-state index contributed by atoms with van der Waals surface area (Å²) in [5, 5.41) is 2.90. The summed E-state index contributed by atoms with van der Waals surface area (Å²) in [6.07, 6.45) is 1.10. The van der Waals surface area contributed by atoms with Crippen LogP contribution in [0.15, 0.2) is 24.3 Å². The van der Waals surface area contributed by atoms with Crippen LogP contribution in [-0.2, 0) is 11.2 Å². The van der Waals surface area contributed by atoms with Crippen LogP contribution in [0.4, 0.5) is 4.39 Å². The van der Waals surface area contributed by atoms with Crippen molar-refractivity contribution in [1.82, 2.24) is 5.32 Å². The molecule has 0 fully saturated rings. The minimum absolute atomic E-state index is 0.0545. The SMILES string of the molecule is CC(C)(C)SCCNC(=O)CCc1ccc(F)cc1. The lowest BCUT2D eigenvalue weighted by atomic mass is 10.1. The molecule has 0 spiro atoms. The Hall–Kier alpha value is -1.03. The fraction of sp³-hybridized carbons (Fsp3) is 0.533. The van der Waals surface area contributed by atoms with Crippen molar-refractivity contribution in [2.45, 2.75) is 38.4 Å². The molecule has 0 atom stereocenters. The number of aryl methyl sites for hydroxylation is 1. The Labute approximate surface area is 119 Å². The van der Waals surface area contributed by atoms with Gasteiger partial charge in [0.1, 0.15) is 5.82 Å². The third kappa shape index (κ3) is 7.88. The molecule has 0 saturated heterocycles. The number of carbonyl (C=O) groups is 1. The van der Waals surface area contributed by atoms with Gasteiger partial charge in [0.05, 0.1) is 0 Å². The smallest absolute Gasteiger partial charge is 0.220 e. The van der Waals surface area contributed by atoms with Crippen molar-refractivity contribution >= 4 is 17.7 Å². The van der Waals surface area contributed by atoms with E-state index in [0.717, 1.165) is 11.3 Å². The summed E-state index contributed by atoms with van der Waals surface area (Å²) in [5.74, 6) is 0.734. The maximum Gasteiger partial charge on any atom is 0.220 e. The molecule has 0 bridgehead atoms. The molecule has 0 aromatic heterocycles. The highest BCUT2D eigenvalue weighted by atomic mass is 32.2. The number of hydrogen-bond acceptors (Lipinski definition) is 2. The number of thioether (sulfide) groups is 1. The van der Waals surface area contributed by atoms with E-state index in [0.29, 0.717) is 19.4 Å². The lowest BCUT2D eigenvalue weighted by Gasteiger charge is -2.17. The molecule has 1 amide bonds. The number of amides is 1. The minimum Gasteiger partial charge on any atom is -0.355 e. The summed E-state index contributed by atoms with van der Waals surface area (Å²) in [7, 11) is 0. The van der Waals surface area contributed by atoms with Gasteiger partial charge in [-0.2, -0.15) is 11.8 Å². The highest BCUT2D eigenvalue weighted by Crippen LogP contribution is 2.21. The second kappa shape index (κ2) is 7.53. The van der Waals surface area contributed by atoms with Crippen LogP contribution in [-0.4, -0.2) is 23.0 Å². The lowest BCUT2D eigenvalue weighted by molar-refractivity contribution is -0.120. The van der Waals surface area contributed by atoms with E-state index in [9.17, 15) is 9.18 Å². The second-order valence-electron chi connectivity index (χ2n) is 5.44. The van der Waals surface area contributed by atoms with Gasteiger partial charge in [0.2, 0.25) is 5.91 Å². The molecule has 1 aromatic rings. The van der Waals surface area contributed by atoms with Crippen molar-refractivity contribution in [2.24, 2.45) is 0 Å². The third-order valence-corrected chi connectivity index (χ3v) is 3.79. The van der Waals surface area contributed by atoms with Crippen LogP contribution in [0.3, 0.4) is 0 Å². The predicted molar refractivity (Wildman–Crippen MR) is 79.9 cm³/mol. The van der Waals surface area contributed by atoms with Crippen molar-refractivity contribution in [3.63, 3.8) is 0 Å². The van der Waals surface area contributed by atoms with E-state index in [1.54, 1.807) is 12.1 Å². The first-order valence-corrected chi connectivity index (χ1v) is 7.50. The van der Waals surface area contributed by atoms with E-state index in [2.05, 4.69) is 26.1 Å². The van der Waals surface area contributed by atoms with Crippen molar-refractivity contribution in [2.75, 3.05) is 12.3 Å². The zero-order valence-corrected chi connectivity index (χ0v) is 12.6. The van der Waals surface area contributed by atoms with Gasteiger partial charge in [-0.05, 0) is 24.1 Å². The van der Waals surface area contributed by atoms with Gasteiger partial charge in [-0.25, -0.2) is 4.39 Å². The molecule has 2 nitrogen and oxygen atoms in total. The molecular formula is C15H22FNOS.